The van der Waals surface area contributed by atoms with Gasteiger partial charge >= 0.3 is 0 Å². The van der Waals surface area contributed by atoms with Crippen LogP contribution in [0.1, 0.15) is 48.4 Å². The van der Waals surface area contributed by atoms with E-state index in [9.17, 15) is 0 Å². The van der Waals surface area contributed by atoms with Crippen molar-refractivity contribution >= 4 is 0 Å². The molecule has 0 fully saturated rings. The molecule has 1 aliphatic heterocycles. The van der Waals surface area contributed by atoms with Crippen LogP contribution in [0.4, 0.5) is 0 Å². The third-order valence-corrected chi connectivity index (χ3v) is 3.68. The lowest BCUT2D eigenvalue weighted by atomic mass is 10.1. The molecule has 0 radical (unpaired) electrons. The second-order valence-electron chi connectivity index (χ2n) is 5.83. The van der Waals surface area contributed by atoms with Gasteiger partial charge in [0, 0.05) is 54.8 Å². The predicted octanol–water partition coefficient (Wildman–Crippen LogP) is 2.19. The monoisotopic (exact) mass is 271 g/mol. The highest BCUT2D eigenvalue weighted by atomic mass is 15.2. The predicted molar refractivity (Wildman–Crippen MR) is 77.3 cm³/mol. The minimum Gasteiger partial charge on any atom is -0.345 e. The van der Waals surface area contributed by atoms with Crippen LogP contribution in [-0.4, -0.2) is 31.4 Å². The summed E-state index contributed by atoms with van der Waals surface area (Å²) < 4.78 is 0. The topological polar surface area (TPSA) is 57.7 Å². The molecule has 1 aliphatic rings. The summed E-state index contributed by atoms with van der Waals surface area (Å²) in [7, 11) is 0. The van der Waals surface area contributed by atoms with Crippen LogP contribution in [0.3, 0.4) is 0 Å². The van der Waals surface area contributed by atoms with Crippen molar-refractivity contribution in [1.82, 2.24) is 24.8 Å². The number of aryl methyl sites for hydroxylation is 1. The van der Waals surface area contributed by atoms with Gasteiger partial charge in [-0.2, -0.15) is 0 Å². The Morgan fingerprint density at radius 3 is 2.85 bits per heavy atom. The summed E-state index contributed by atoms with van der Waals surface area (Å²) in [6.45, 7) is 9.10. The molecule has 0 amide bonds. The van der Waals surface area contributed by atoms with Crippen molar-refractivity contribution in [2.24, 2.45) is 0 Å². The van der Waals surface area contributed by atoms with E-state index in [0.717, 1.165) is 43.4 Å². The first-order valence-corrected chi connectivity index (χ1v) is 7.19. The highest BCUT2D eigenvalue weighted by Crippen LogP contribution is 2.19. The average molecular weight is 271 g/mol. The Morgan fingerprint density at radius 2 is 2.15 bits per heavy atom. The van der Waals surface area contributed by atoms with Crippen LogP contribution in [0.15, 0.2) is 12.4 Å². The van der Waals surface area contributed by atoms with Gasteiger partial charge in [0.25, 0.3) is 0 Å². The second kappa shape index (κ2) is 5.32. The van der Waals surface area contributed by atoms with Crippen LogP contribution in [-0.2, 0) is 19.5 Å². The number of hydrogen-bond donors (Lipinski definition) is 1. The number of nitrogens with zero attached hydrogens (tertiary/aromatic N) is 4. The van der Waals surface area contributed by atoms with E-state index in [4.69, 9.17) is 4.98 Å². The van der Waals surface area contributed by atoms with E-state index < -0.39 is 0 Å². The number of aromatic nitrogens is 4. The zero-order chi connectivity index (χ0) is 14.1. The van der Waals surface area contributed by atoms with Gasteiger partial charge in [0.1, 0.15) is 11.6 Å². The highest BCUT2D eigenvalue weighted by Gasteiger charge is 2.19. The largest absolute Gasteiger partial charge is 0.345 e. The fourth-order valence-corrected chi connectivity index (χ4v) is 2.56. The van der Waals surface area contributed by atoms with E-state index in [0.29, 0.717) is 5.92 Å². The maximum atomic E-state index is 4.70. The minimum atomic E-state index is 0.393. The number of fused-ring (bicyclic) bond motifs is 1. The Balaban J connectivity index is 1.72. The number of imidazole rings is 1. The zero-order valence-corrected chi connectivity index (χ0v) is 12.3. The second-order valence-corrected chi connectivity index (χ2v) is 5.83. The molecule has 3 heterocycles. The van der Waals surface area contributed by atoms with E-state index in [1.165, 1.54) is 11.3 Å². The Labute approximate surface area is 119 Å². The Morgan fingerprint density at radius 1 is 1.30 bits per heavy atom. The molecule has 5 heteroatoms. The van der Waals surface area contributed by atoms with E-state index in [1.807, 2.05) is 19.3 Å². The Bertz CT molecular complexity index is 602. The lowest BCUT2D eigenvalue weighted by Gasteiger charge is -2.27. The van der Waals surface area contributed by atoms with Crippen molar-refractivity contribution in [3.05, 3.63) is 41.0 Å². The van der Waals surface area contributed by atoms with Crippen molar-refractivity contribution in [2.45, 2.75) is 46.2 Å². The first-order valence-electron chi connectivity index (χ1n) is 7.19. The van der Waals surface area contributed by atoms with Gasteiger partial charge in [-0.1, -0.05) is 13.8 Å². The van der Waals surface area contributed by atoms with Crippen LogP contribution >= 0.6 is 0 Å². The van der Waals surface area contributed by atoms with Gasteiger partial charge in [0.2, 0.25) is 0 Å². The van der Waals surface area contributed by atoms with Crippen LogP contribution < -0.4 is 0 Å². The summed E-state index contributed by atoms with van der Waals surface area (Å²) in [5.74, 6) is 2.38. The van der Waals surface area contributed by atoms with E-state index in [-0.39, 0.29) is 0 Å². The maximum Gasteiger partial charge on any atom is 0.131 e. The van der Waals surface area contributed by atoms with Crippen LogP contribution in [0.5, 0.6) is 0 Å². The summed E-state index contributed by atoms with van der Waals surface area (Å²) in [6, 6.07) is 0. The molecule has 0 atom stereocenters. The number of aromatic amines is 1. The molecule has 0 saturated heterocycles. The first-order chi connectivity index (χ1) is 9.61. The molecule has 2 aromatic heterocycles. The molecule has 2 aromatic rings. The fourth-order valence-electron chi connectivity index (χ4n) is 2.56. The van der Waals surface area contributed by atoms with E-state index >= 15 is 0 Å². The Hall–Kier alpha value is -1.75. The lowest BCUT2D eigenvalue weighted by molar-refractivity contribution is 0.237. The van der Waals surface area contributed by atoms with Gasteiger partial charge in [-0.25, -0.2) is 15.0 Å². The van der Waals surface area contributed by atoms with Gasteiger partial charge in [-0.05, 0) is 6.92 Å². The smallest absolute Gasteiger partial charge is 0.131 e. The summed E-state index contributed by atoms with van der Waals surface area (Å²) >= 11 is 0. The van der Waals surface area contributed by atoms with Crippen LogP contribution in [0.2, 0.25) is 0 Å². The summed E-state index contributed by atoms with van der Waals surface area (Å²) in [4.78, 5) is 19.2. The molecule has 106 valence electrons. The molecule has 0 saturated carbocycles. The Kier molecular flexibility index (Phi) is 3.53. The molecule has 3 rings (SSSR count). The molecular formula is C15H21N5. The van der Waals surface area contributed by atoms with Gasteiger partial charge in [-0.15, -0.1) is 0 Å². The third-order valence-electron chi connectivity index (χ3n) is 3.68. The van der Waals surface area contributed by atoms with Crippen molar-refractivity contribution in [1.29, 1.82) is 0 Å². The molecule has 1 N–H and O–H groups in total. The molecule has 0 unspecified atom stereocenters. The van der Waals surface area contributed by atoms with Gasteiger partial charge in [0.15, 0.2) is 0 Å². The fraction of sp³-hybridized carbons (Fsp3) is 0.533. The average Bonchev–Trinajstić information content (AvgIpc) is 2.83. The van der Waals surface area contributed by atoms with Gasteiger partial charge in [-0.3, -0.25) is 4.90 Å². The first kappa shape index (κ1) is 13.2. The molecule has 20 heavy (non-hydrogen) atoms. The van der Waals surface area contributed by atoms with E-state index in [1.54, 1.807) is 0 Å². The molecule has 0 aliphatic carbocycles. The highest BCUT2D eigenvalue weighted by molar-refractivity contribution is 5.21. The van der Waals surface area contributed by atoms with Crippen LogP contribution in [0, 0.1) is 6.92 Å². The standard InChI is InChI=1S/C15H21N5/c1-10(2)15-17-7-12-8-20(5-4-13(12)19-15)9-14-16-6-11(3)18-14/h6-7,10H,4-5,8-9H2,1-3H3,(H,16,18). The normalized spacial score (nSPS) is 15.6. The van der Waals surface area contributed by atoms with Crippen molar-refractivity contribution in [3.63, 3.8) is 0 Å². The molecule has 5 nitrogen and oxygen atoms in total. The maximum absolute atomic E-state index is 4.70. The number of nitrogens with one attached hydrogen (secondary N) is 1. The van der Waals surface area contributed by atoms with Crippen molar-refractivity contribution < 1.29 is 0 Å². The summed E-state index contributed by atoms with van der Waals surface area (Å²) in [5, 5.41) is 0. The molecular weight excluding hydrogens is 250 g/mol. The number of H-pyrrole nitrogens is 1. The number of hydrogen-bond acceptors (Lipinski definition) is 4. The van der Waals surface area contributed by atoms with Crippen molar-refractivity contribution in [3.8, 4) is 0 Å². The van der Waals surface area contributed by atoms with Gasteiger partial charge < -0.3 is 4.98 Å². The van der Waals surface area contributed by atoms with E-state index in [2.05, 4.69) is 33.7 Å². The third kappa shape index (κ3) is 2.72. The minimum absolute atomic E-state index is 0.393. The quantitative estimate of drug-likeness (QED) is 0.929. The van der Waals surface area contributed by atoms with Crippen LogP contribution in [0.25, 0.3) is 0 Å². The zero-order valence-electron chi connectivity index (χ0n) is 12.3. The molecule has 0 bridgehead atoms. The summed E-state index contributed by atoms with van der Waals surface area (Å²) in [6.07, 6.45) is 4.87. The molecule has 0 aromatic carbocycles. The van der Waals surface area contributed by atoms with Gasteiger partial charge in [0.05, 0.1) is 6.54 Å². The lowest BCUT2D eigenvalue weighted by Crippen LogP contribution is -2.31. The summed E-state index contributed by atoms with van der Waals surface area (Å²) in [5.41, 5.74) is 3.59. The SMILES string of the molecule is Cc1cnc(CN2CCc3nc(C(C)C)ncc3C2)[nH]1. The number of rotatable bonds is 3. The van der Waals surface area contributed by atoms with Crippen molar-refractivity contribution in [2.75, 3.05) is 6.54 Å². The molecule has 0 spiro atoms.